The molecule has 0 aliphatic carbocycles. The standard InChI is InChI=1S/C10H18N4S/c1-2-3-9-13-10(15-14-9)12-8-4-6-11-7-5-8/h8,11H,2-7H2,1H3,(H,12,13,14). The molecule has 1 saturated heterocycles. The van der Waals surface area contributed by atoms with Crippen molar-refractivity contribution in [2.45, 2.75) is 38.6 Å². The largest absolute Gasteiger partial charge is 0.357 e. The normalized spacial score (nSPS) is 17.9. The van der Waals surface area contributed by atoms with Crippen molar-refractivity contribution in [3.8, 4) is 0 Å². The maximum atomic E-state index is 4.47. The second kappa shape index (κ2) is 5.42. The fourth-order valence-electron chi connectivity index (χ4n) is 1.78. The lowest BCUT2D eigenvalue weighted by molar-refractivity contribution is 0.479. The summed E-state index contributed by atoms with van der Waals surface area (Å²) in [5, 5.41) is 7.81. The first-order chi connectivity index (χ1) is 7.38. The number of rotatable bonds is 4. The van der Waals surface area contributed by atoms with E-state index in [2.05, 4.69) is 26.9 Å². The fourth-order valence-corrected chi connectivity index (χ4v) is 2.47. The van der Waals surface area contributed by atoms with Gasteiger partial charge in [0.25, 0.3) is 0 Å². The van der Waals surface area contributed by atoms with Crippen molar-refractivity contribution < 1.29 is 0 Å². The fraction of sp³-hybridized carbons (Fsp3) is 0.800. The molecule has 4 nitrogen and oxygen atoms in total. The van der Waals surface area contributed by atoms with Crippen molar-refractivity contribution in [2.75, 3.05) is 18.4 Å². The molecule has 0 atom stereocenters. The number of piperidine rings is 1. The van der Waals surface area contributed by atoms with Gasteiger partial charge in [0, 0.05) is 24.0 Å². The van der Waals surface area contributed by atoms with E-state index in [1.54, 1.807) is 0 Å². The van der Waals surface area contributed by atoms with Crippen LogP contribution in [0.3, 0.4) is 0 Å². The Morgan fingerprint density at radius 3 is 3.00 bits per heavy atom. The monoisotopic (exact) mass is 226 g/mol. The Morgan fingerprint density at radius 1 is 1.47 bits per heavy atom. The molecule has 1 aliphatic rings. The van der Waals surface area contributed by atoms with Crippen LogP contribution in [0, 0.1) is 0 Å². The zero-order valence-electron chi connectivity index (χ0n) is 9.12. The van der Waals surface area contributed by atoms with E-state index in [4.69, 9.17) is 0 Å². The summed E-state index contributed by atoms with van der Waals surface area (Å²) >= 11 is 1.49. The lowest BCUT2D eigenvalue weighted by Crippen LogP contribution is -2.35. The first-order valence-electron chi connectivity index (χ1n) is 5.68. The van der Waals surface area contributed by atoms with Gasteiger partial charge in [-0.1, -0.05) is 6.92 Å². The van der Waals surface area contributed by atoms with Crippen LogP contribution in [-0.2, 0) is 6.42 Å². The molecule has 0 amide bonds. The van der Waals surface area contributed by atoms with Crippen LogP contribution in [0.5, 0.6) is 0 Å². The number of nitrogens with zero attached hydrogens (tertiary/aromatic N) is 2. The third-order valence-electron chi connectivity index (χ3n) is 2.61. The first-order valence-corrected chi connectivity index (χ1v) is 6.45. The Bertz CT molecular complexity index is 293. The Hall–Kier alpha value is -0.680. The minimum absolute atomic E-state index is 0.577. The van der Waals surface area contributed by atoms with Gasteiger partial charge in [-0.25, -0.2) is 4.98 Å². The molecule has 1 fully saturated rings. The van der Waals surface area contributed by atoms with Crippen molar-refractivity contribution >= 4 is 16.7 Å². The van der Waals surface area contributed by atoms with Crippen LogP contribution in [0.15, 0.2) is 0 Å². The zero-order valence-corrected chi connectivity index (χ0v) is 9.94. The predicted octanol–water partition coefficient (Wildman–Crippen LogP) is 1.65. The van der Waals surface area contributed by atoms with Crippen molar-refractivity contribution in [2.24, 2.45) is 0 Å². The molecule has 0 spiro atoms. The molecule has 1 aliphatic heterocycles. The highest BCUT2D eigenvalue weighted by molar-refractivity contribution is 7.09. The molecule has 2 heterocycles. The van der Waals surface area contributed by atoms with Gasteiger partial charge in [0.2, 0.25) is 5.13 Å². The lowest BCUT2D eigenvalue weighted by Gasteiger charge is -2.22. The molecular formula is C10H18N4S. The summed E-state index contributed by atoms with van der Waals surface area (Å²) in [7, 11) is 0. The topological polar surface area (TPSA) is 49.8 Å². The molecule has 0 saturated carbocycles. The number of anilines is 1. The maximum Gasteiger partial charge on any atom is 0.202 e. The minimum Gasteiger partial charge on any atom is -0.357 e. The van der Waals surface area contributed by atoms with Crippen LogP contribution in [0.25, 0.3) is 0 Å². The molecule has 0 aromatic carbocycles. The van der Waals surface area contributed by atoms with E-state index in [1.165, 1.54) is 24.4 Å². The van der Waals surface area contributed by atoms with E-state index < -0.39 is 0 Å². The van der Waals surface area contributed by atoms with Crippen molar-refractivity contribution in [3.63, 3.8) is 0 Å². The summed E-state index contributed by atoms with van der Waals surface area (Å²) < 4.78 is 4.32. The van der Waals surface area contributed by atoms with Crippen LogP contribution in [0.4, 0.5) is 5.13 Å². The summed E-state index contributed by atoms with van der Waals surface area (Å²) in [6.45, 7) is 4.37. The highest BCUT2D eigenvalue weighted by Crippen LogP contribution is 2.16. The number of hydrogen-bond acceptors (Lipinski definition) is 5. The van der Waals surface area contributed by atoms with Crippen LogP contribution >= 0.6 is 11.5 Å². The van der Waals surface area contributed by atoms with Gasteiger partial charge in [-0.15, -0.1) is 0 Å². The third kappa shape index (κ3) is 3.14. The Kier molecular flexibility index (Phi) is 3.91. The average Bonchev–Trinajstić information content (AvgIpc) is 2.68. The number of nitrogens with one attached hydrogen (secondary N) is 2. The third-order valence-corrected chi connectivity index (χ3v) is 3.29. The van der Waals surface area contributed by atoms with E-state index >= 15 is 0 Å². The molecule has 0 bridgehead atoms. The van der Waals surface area contributed by atoms with Gasteiger partial charge >= 0.3 is 0 Å². The van der Waals surface area contributed by atoms with Gasteiger partial charge in [-0.3, -0.25) is 0 Å². The van der Waals surface area contributed by atoms with Gasteiger partial charge < -0.3 is 10.6 Å². The SMILES string of the molecule is CCCc1nsc(NC2CCNCC2)n1. The highest BCUT2D eigenvalue weighted by Gasteiger charge is 2.14. The highest BCUT2D eigenvalue weighted by atomic mass is 32.1. The predicted molar refractivity (Wildman–Crippen MR) is 63.4 cm³/mol. The summed E-state index contributed by atoms with van der Waals surface area (Å²) in [6.07, 6.45) is 4.47. The van der Waals surface area contributed by atoms with E-state index in [9.17, 15) is 0 Å². The quantitative estimate of drug-likeness (QED) is 0.819. The zero-order chi connectivity index (χ0) is 10.5. The molecule has 0 radical (unpaired) electrons. The molecule has 0 unspecified atom stereocenters. The van der Waals surface area contributed by atoms with Crippen LogP contribution in [0.1, 0.15) is 32.0 Å². The summed E-state index contributed by atoms with van der Waals surface area (Å²) in [4.78, 5) is 4.47. The van der Waals surface area contributed by atoms with Gasteiger partial charge in [-0.2, -0.15) is 4.37 Å². The van der Waals surface area contributed by atoms with Crippen molar-refractivity contribution in [1.29, 1.82) is 0 Å². The average molecular weight is 226 g/mol. The lowest BCUT2D eigenvalue weighted by atomic mass is 10.1. The molecular weight excluding hydrogens is 208 g/mol. The molecule has 15 heavy (non-hydrogen) atoms. The van der Waals surface area contributed by atoms with Gasteiger partial charge in [-0.05, 0) is 32.4 Å². The molecule has 1 aromatic rings. The van der Waals surface area contributed by atoms with E-state index in [-0.39, 0.29) is 0 Å². The molecule has 5 heteroatoms. The number of aromatic nitrogens is 2. The molecule has 1 aromatic heterocycles. The number of hydrogen-bond donors (Lipinski definition) is 2. The van der Waals surface area contributed by atoms with E-state index in [0.29, 0.717) is 6.04 Å². The second-order valence-corrected chi connectivity index (χ2v) is 4.69. The van der Waals surface area contributed by atoms with Crippen LogP contribution in [-0.4, -0.2) is 28.5 Å². The summed E-state index contributed by atoms with van der Waals surface area (Å²) in [5.74, 6) is 0.985. The Balaban J connectivity index is 1.86. The smallest absolute Gasteiger partial charge is 0.202 e. The van der Waals surface area contributed by atoms with Gasteiger partial charge in [0.1, 0.15) is 5.82 Å². The molecule has 2 rings (SSSR count). The van der Waals surface area contributed by atoms with Crippen LogP contribution in [0.2, 0.25) is 0 Å². The van der Waals surface area contributed by atoms with E-state index in [1.807, 2.05) is 0 Å². The molecule has 84 valence electrons. The van der Waals surface area contributed by atoms with E-state index in [0.717, 1.165) is 36.9 Å². The Labute approximate surface area is 94.7 Å². The maximum absolute atomic E-state index is 4.47. The number of aryl methyl sites for hydroxylation is 1. The van der Waals surface area contributed by atoms with Gasteiger partial charge in [0.05, 0.1) is 0 Å². The minimum atomic E-state index is 0.577. The molecule has 2 N–H and O–H groups in total. The van der Waals surface area contributed by atoms with Crippen molar-refractivity contribution in [3.05, 3.63) is 5.82 Å². The Morgan fingerprint density at radius 2 is 2.27 bits per heavy atom. The summed E-state index contributed by atoms with van der Waals surface area (Å²) in [5.41, 5.74) is 0. The van der Waals surface area contributed by atoms with Gasteiger partial charge in [0.15, 0.2) is 0 Å². The van der Waals surface area contributed by atoms with Crippen LogP contribution < -0.4 is 10.6 Å². The van der Waals surface area contributed by atoms with Crippen molar-refractivity contribution in [1.82, 2.24) is 14.7 Å². The summed E-state index contributed by atoms with van der Waals surface area (Å²) in [6, 6.07) is 0.577. The first kappa shape index (κ1) is 10.8. The second-order valence-electron chi connectivity index (χ2n) is 3.93.